The molecule has 0 atom stereocenters. The van der Waals surface area contributed by atoms with Gasteiger partial charge in [-0.1, -0.05) is 12.1 Å². The van der Waals surface area contributed by atoms with Crippen LogP contribution in [0.5, 0.6) is 0 Å². The molecule has 0 radical (unpaired) electrons. The monoisotopic (exact) mass is 293 g/mol. The fourth-order valence-electron chi connectivity index (χ4n) is 2.75. The first-order valence-electron chi connectivity index (χ1n) is 7.33. The minimum Gasteiger partial charge on any atom is -0.353 e. The number of piperazine rings is 1. The Morgan fingerprint density at radius 2 is 1.91 bits per heavy atom. The summed E-state index contributed by atoms with van der Waals surface area (Å²) in [7, 11) is 0. The molecule has 0 saturated carbocycles. The summed E-state index contributed by atoms with van der Waals surface area (Å²) < 4.78 is 0. The van der Waals surface area contributed by atoms with Crippen LogP contribution in [-0.4, -0.2) is 48.5 Å². The number of rotatable bonds is 2. The van der Waals surface area contributed by atoms with Gasteiger partial charge in [0.25, 0.3) is 5.91 Å². The van der Waals surface area contributed by atoms with Gasteiger partial charge >= 0.3 is 0 Å². The lowest BCUT2D eigenvalue weighted by Gasteiger charge is -2.27. The summed E-state index contributed by atoms with van der Waals surface area (Å²) in [5.41, 5.74) is 3.14. The zero-order valence-corrected chi connectivity index (χ0v) is 12.0. The van der Waals surface area contributed by atoms with Crippen molar-refractivity contribution < 1.29 is 4.79 Å². The molecule has 4 rings (SSSR count). The van der Waals surface area contributed by atoms with E-state index in [1.54, 1.807) is 6.21 Å². The van der Waals surface area contributed by atoms with Crippen LogP contribution in [0.25, 0.3) is 11.3 Å². The Balaban J connectivity index is 1.61. The van der Waals surface area contributed by atoms with Crippen LogP contribution < -0.4 is 10.2 Å². The van der Waals surface area contributed by atoms with Crippen molar-refractivity contribution in [2.75, 3.05) is 31.1 Å². The second-order valence-electron chi connectivity index (χ2n) is 5.38. The molecule has 0 bridgehead atoms. The first-order valence-corrected chi connectivity index (χ1v) is 7.33. The van der Waals surface area contributed by atoms with Gasteiger partial charge < -0.3 is 10.2 Å². The van der Waals surface area contributed by atoms with Crippen LogP contribution in [0.4, 0.5) is 5.82 Å². The summed E-state index contributed by atoms with van der Waals surface area (Å²) in [5.74, 6) is 0.702. The van der Waals surface area contributed by atoms with Gasteiger partial charge in [-0.05, 0) is 18.2 Å². The zero-order chi connectivity index (χ0) is 14.9. The van der Waals surface area contributed by atoms with Crippen LogP contribution in [0.2, 0.25) is 0 Å². The molecule has 6 nitrogen and oxygen atoms in total. The maximum atomic E-state index is 11.7. The Morgan fingerprint density at radius 1 is 1.05 bits per heavy atom. The van der Waals surface area contributed by atoms with E-state index in [1.165, 1.54) is 0 Å². The molecule has 1 fully saturated rings. The summed E-state index contributed by atoms with van der Waals surface area (Å²) in [6, 6.07) is 9.60. The SMILES string of the molecule is O=C1N=Cc2ccc(-c3ccc(N4CCNCC4)nn3)cc21. The van der Waals surface area contributed by atoms with Crippen LogP contribution in [-0.2, 0) is 0 Å². The molecule has 0 aliphatic carbocycles. The predicted octanol–water partition coefficient (Wildman–Crippen LogP) is 1.13. The number of fused-ring (bicyclic) bond motifs is 1. The first-order chi connectivity index (χ1) is 10.8. The Hall–Kier alpha value is -2.60. The number of aromatic nitrogens is 2. The molecule has 2 aliphatic heterocycles. The lowest BCUT2D eigenvalue weighted by molar-refractivity contribution is 0.101. The minimum absolute atomic E-state index is 0.192. The van der Waals surface area contributed by atoms with Crippen molar-refractivity contribution in [3.8, 4) is 11.3 Å². The maximum absolute atomic E-state index is 11.7. The van der Waals surface area contributed by atoms with Crippen molar-refractivity contribution >= 4 is 17.9 Å². The molecule has 1 saturated heterocycles. The van der Waals surface area contributed by atoms with Gasteiger partial charge in [0.2, 0.25) is 0 Å². The van der Waals surface area contributed by atoms with Crippen molar-refractivity contribution in [1.82, 2.24) is 15.5 Å². The Labute approximate surface area is 127 Å². The van der Waals surface area contributed by atoms with E-state index in [2.05, 4.69) is 25.4 Å². The number of anilines is 1. The van der Waals surface area contributed by atoms with Gasteiger partial charge in [0.05, 0.1) is 11.3 Å². The fraction of sp³-hybridized carbons (Fsp3) is 0.250. The third-order valence-electron chi connectivity index (χ3n) is 3.99. The zero-order valence-electron chi connectivity index (χ0n) is 12.0. The van der Waals surface area contributed by atoms with Gasteiger partial charge in [-0.2, -0.15) is 0 Å². The van der Waals surface area contributed by atoms with E-state index in [4.69, 9.17) is 0 Å². The van der Waals surface area contributed by atoms with Crippen LogP contribution in [0, 0.1) is 0 Å². The smallest absolute Gasteiger partial charge is 0.277 e. The molecule has 1 aromatic heterocycles. The van der Waals surface area contributed by atoms with E-state index < -0.39 is 0 Å². The maximum Gasteiger partial charge on any atom is 0.277 e. The summed E-state index contributed by atoms with van der Waals surface area (Å²) in [4.78, 5) is 17.7. The van der Waals surface area contributed by atoms with Crippen LogP contribution in [0.3, 0.4) is 0 Å². The van der Waals surface area contributed by atoms with Crippen molar-refractivity contribution in [3.05, 3.63) is 41.5 Å². The number of hydrogen-bond donors (Lipinski definition) is 1. The van der Waals surface area contributed by atoms with E-state index in [-0.39, 0.29) is 5.91 Å². The largest absolute Gasteiger partial charge is 0.353 e. The van der Waals surface area contributed by atoms with E-state index >= 15 is 0 Å². The molecule has 1 amide bonds. The van der Waals surface area contributed by atoms with Gasteiger partial charge in [0.1, 0.15) is 0 Å². The molecule has 22 heavy (non-hydrogen) atoms. The first kappa shape index (κ1) is 13.1. The molecule has 1 aromatic carbocycles. The van der Waals surface area contributed by atoms with Gasteiger partial charge in [-0.25, -0.2) is 4.99 Å². The lowest BCUT2D eigenvalue weighted by atomic mass is 10.0. The second kappa shape index (κ2) is 5.31. The van der Waals surface area contributed by atoms with E-state index in [1.807, 2.05) is 30.3 Å². The number of amides is 1. The molecule has 3 heterocycles. The summed E-state index contributed by atoms with van der Waals surface area (Å²) in [6.07, 6.45) is 1.60. The van der Waals surface area contributed by atoms with E-state index in [0.717, 1.165) is 48.8 Å². The third-order valence-corrected chi connectivity index (χ3v) is 3.99. The third kappa shape index (κ3) is 2.27. The molecular formula is C16H15N5O. The summed E-state index contributed by atoms with van der Waals surface area (Å²) >= 11 is 0. The average Bonchev–Trinajstić information content (AvgIpc) is 2.96. The van der Waals surface area contributed by atoms with Crippen molar-refractivity contribution in [2.45, 2.75) is 0 Å². The van der Waals surface area contributed by atoms with Crippen molar-refractivity contribution in [1.29, 1.82) is 0 Å². The predicted molar refractivity (Wildman–Crippen MR) is 84.5 cm³/mol. The van der Waals surface area contributed by atoms with Crippen molar-refractivity contribution in [3.63, 3.8) is 0 Å². The highest BCUT2D eigenvalue weighted by Gasteiger charge is 2.17. The normalized spacial score (nSPS) is 16.9. The second-order valence-corrected chi connectivity index (χ2v) is 5.38. The number of carbonyl (C=O) groups is 1. The lowest BCUT2D eigenvalue weighted by Crippen LogP contribution is -2.43. The van der Waals surface area contributed by atoms with Crippen LogP contribution in [0.15, 0.2) is 35.3 Å². The molecule has 0 unspecified atom stereocenters. The number of carbonyl (C=O) groups excluding carboxylic acids is 1. The summed E-state index contributed by atoms with van der Waals surface area (Å²) in [6.45, 7) is 3.82. The van der Waals surface area contributed by atoms with E-state index in [9.17, 15) is 4.79 Å². The standard InChI is InChI=1S/C16H15N5O/c22-16-13-9-11(1-2-12(13)10-18-16)14-3-4-15(20-19-14)21-7-5-17-6-8-21/h1-4,9-10,17H,5-8H2. The average molecular weight is 293 g/mol. The van der Waals surface area contributed by atoms with Crippen molar-refractivity contribution in [2.24, 2.45) is 4.99 Å². The number of nitrogens with zero attached hydrogens (tertiary/aromatic N) is 4. The number of hydrogen-bond acceptors (Lipinski definition) is 5. The Morgan fingerprint density at radius 3 is 2.68 bits per heavy atom. The molecular weight excluding hydrogens is 278 g/mol. The highest BCUT2D eigenvalue weighted by Crippen LogP contribution is 2.24. The Kier molecular flexibility index (Phi) is 3.16. The van der Waals surface area contributed by atoms with E-state index in [0.29, 0.717) is 5.56 Å². The molecule has 6 heteroatoms. The molecule has 2 aliphatic rings. The van der Waals surface area contributed by atoms with Gasteiger partial charge in [-0.3, -0.25) is 4.79 Å². The number of benzene rings is 1. The fourth-order valence-corrected chi connectivity index (χ4v) is 2.75. The highest BCUT2D eigenvalue weighted by molar-refractivity contribution is 6.13. The van der Waals surface area contributed by atoms with Gasteiger partial charge in [0, 0.05) is 43.5 Å². The van der Waals surface area contributed by atoms with Gasteiger partial charge in [-0.15, -0.1) is 10.2 Å². The van der Waals surface area contributed by atoms with Crippen LogP contribution >= 0.6 is 0 Å². The van der Waals surface area contributed by atoms with Crippen LogP contribution in [0.1, 0.15) is 15.9 Å². The topological polar surface area (TPSA) is 70.5 Å². The minimum atomic E-state index is -0.192. The number of aliphatic imine (C=N–C) groups is 1. The molecule has 1 N–H and O–H groups in total. The highest BCUT2D eigenvalue weighted by atomic mass is 16.1. The summed E-state index contributed by atoms with van der Waals surface area (Å²) in [5, 5.41) is 11.9. The molecule has 110 valence electrons. The molecule has 2 aromatic rings. The number of nitrogens with one attached hydrogen (secondary N) is 1. The molecule has 0 spiro atoms. The Bertz CT molecular complexity index is 748. The quantitative estimate of drug-likeness (QED) is 0.898. The van der Waals surface area contributed by atoms with Gasteiger partial charge in [0.15, 0.2) is 5.82 Å².